The third-order valence-corrected chi connectivity index (χ3v) is 7.20. The summed E-state index contributed by atoms with van der Waals surface area (Å²) in [6, 6.07) is 6.00. The van der Waals surface area contributed by atoms with E-state index in [9.17, 15) is 9.59 Å². The van der Waals surface area contributed by atoms with Gasteiger partial charge in [0, 0.05) is 82.9 Å². The number of amides is 3. The molecule has 0 bridgehead atoms. The van der Waals surface area contributed by atoms with E-state index < -0.39 is 0 Å². The van der Waals surface area contributed by atoms with Crippen molar-refractivity contribution in [2.24, 2.45) is 5.73 Å². The summed E-state index contributed by atoms with van der Waals surface area (Å²) in [5, 5.41) is 12.8. The van der Waals surface area contributed by atoms with E-state index in [2.05, 4.69) is 24.9 Å². The zero-order chi connectivity index (χ0) is 30.6. The van der Waals surface area contributed by atoms with Gasteiger partial charge in [0.15, 0.2) is 0 Å². The number of rotatable bonds is 9. The molecule has 4 rings (SSSR count). The Morgan fingerprint density at radius 3 is 2.60 bits per heavy atom. The first-order valence-corrected chi connectivity index (χ1v) is 14.1. The molecule has 2 unspecified atom stereocenters. The number of nitrogens with one attached hydrogen (secondary N) is 1. The van der Waals surface area contributed by atoms with Gasteiger partial charge in [-0.05, 0) is 30.4 Å². The molecule has 2 fully saturated rings. The Balaban J connectivity index is 0.00000155. The molecular formula is C28H40N9O4P. The molecule has 0 saturated carbocycles. The van der Waals surface area contributed by atoms with Crippen LogP contribution in [0.1, 0.15) is 13.3 Å². The topological polar surface area (TPSA) is 144 Å². The predicted molar refractivity (Wildman–Crippen MR) is 166 cm³/mol. The third-order valence-electron chi connectivity index (χ3n) is 6.74. The second-order valence-corrected chi connectivity index (χ2v) is 10.4. The summed E-state index contributed by atoms with van der Waals surface area (Å²) in [4.78, 5) is 43.7. The Morgan fingerprint density at radius 1 is 1.26 bits per heavy atom. The van der Waals surface area contributed by atoms with Crippen molar-refractivity contribution >= 4 is 50.5 Å². The van der Waals surface area contributed by atoms with Crippen LogP contribution in [0.25, 0.3) is 6.20 Å². The van der Waals surface area contributed by atoms with Gasteiger partial charge in [-0.1, -0.05) is 12.2 Å². The number of hydrogen-bond donors (Lipinski definition) is 2. The number of hydrazine groups is 1. The van der Waals surface area contributed by atoms with E-state index in [4.69, 9.17) is 14.9 Å². The summed E-state index contributed by atoms with van der Waals surface area (Å²) in [6.45, 7) is 5.76. The summed E-state index contributed by atoms with van der Waals surface area (Å²) >= 11 is 0. The molecule has 0 radical (unpaired) electrons. The molecule has 1 aromatic heterocycles. The van der Waals surface area contributed by atoms with Gasteiger partial charge in [-0.15, -0.1) is 9.24 Å². The standard InChI is InChI=1S/C27H37N8O3P.CH3NO/c1-4-10-34(30(2)3)19-22-20-35(27(37)38-22)21-7-8-23(24(39)17-21)31-13-15-33(16-14-31)26(36)6-5-11-32-12-9-29-18-25(32)28;2-1-3/h4-5,7-12,17-18,22,28H,6,13-16,19-20,39H2,1-3H3;1H,(H2,2,3)/b10-4-,11-5+,28-25?;. The molecule has 2 atom stereocenters. The maximum atomic E-state index is 12.7. The van der Waals surface area contributed by atoms with Crippen LogP contribution in [0.3, 0.4) is 0 Å². The zero-order valence-corrected chi connectivity index (χ0v) is 25.5. The second kappa shape index (κ2) is 15.7. The first-order chi connectivity index (χ1) is 20.2. The maximum Gasteiger partial charge on any atom is 0.414 e. The van der Waals surface area contributed by atoms with E-state index in [-0.39, 0.29) is 36.4 Å². The number of nitrogens with zero attached hydrogens (tertiary/aromatic N) is 7. The summed E-state index contributed by atoms with van der Waals surface area (Å²) < 4.78 is 7.26. The van der Waals surface area contributed by atoms with E-state index in [1.165, 1.54) is 6.20 Å². The lowest BCUT2D eigenvalue weighted by atomic mass is 10.2. The number of hydrogen-bond acceptors (Lipinski definition) is 9. The molecule has 0 spiro atoms. The van der Waals surface area contributed by atoms with Crippen molar-refractivity contribution in [3.63, 3.8) is 0 Å². The minimum absolute atomic E-state index is 0.0675. The highest BCUT2D eigenvalue weighted by Crippen LogP contribution is 2.26. The number of ether oxygens (including phenoxy) is 1. The van der Waals surface area contributed by atoms with E-state index in [1.54, 1.807) is 34.1 Å². The molecular weight excluding hydrogens is 557 g/mol. The number of aromatic nitrogens is 2. The minimum Gasteiger partial charge on any atom is -0.442 e. The van der Waals surface area contributed by atoms with Crippen molar-refractivity contribution in [1.29, 1.82) is 5.41 Å². The number of nitrogens with two attached hydrogens (primary N) is 1. The Bertz CT molecular complexity index is 1340. The maximum absolute atomic E-state index is 12.7. The number of anilines is 2. The Hall–Kier alpha value is -4.22. The molecule has 2 saturated heterocycles. The van der Waals surface area contributed by atoms with Gasteiger partial charge < -0.3 is 29.8 Å². The largest absolute Gasteiger partial charge is 0.442 e. The van der Waals surface area contributed by atoms with Crippen LogP contribution in [-0.2, 0) is 14.3 Å². The van der Waals surface area contributed by atoms with Gasteiger partial charge in [-0.2, -0.15) is 0 Å². The molecule has 0 aliphatic carbocycles. The molecule has 2 aliphatic rings. The molecule has 2 aromatic rings. The smallest absolute Gasteiger partial charge is 0.414 e. The Labute approximate surface area is 248 Å². The van der Waals surface area contributed by atoms with Crippen LogP contribution in [-0.4, -0.2) is 102 Å². The molecule has 2 aliphatic heterocycles. The van der Waals surface area contributed by atoms with E-state index in [0.29, 0.717) is 26.2 Å². The number of carbonyl (C=O) groups excluding carboxylic acids is 3. The van der Waals surface area contributed by atoms with Crippen LogP contribution in [0.2, 0.25) is 0 Å². The van der Waals surface area contributed by atoms with Gasteiger partial charge in [-0.3, -0.25) is 24.9 Å². The highest BCUT2D eigenvalue weighted by atomic mass is 31.0. The number of allylic oxidation sites excluding steroid dienone is 1. The first-order valence-electron chi connectivity index (χ1n) is 13.5. The highest BCUT2D eigenvalue weighted by Gasteiger charge is 2.34. The fraction of sp³-hybridized carbons (Fsp3) is 0.393. The highest BCUT2D eigenvalue weighted by molar-refractivity contribution is 7.28. The van der Waals surface area contributed by atoms with Gasteiger partial charge in [0.05, 0.1) is 19.3 Å². The summed E-state index contributed by atoms with van der Waals surface area (Å²) in [6.07, 6.45) is 12.1. The molecule has 226 valence electrons. The number of cyclic esters (lactones) is 1. The Morgan fingerprint density at radius 2 is 1.98 bits per heavy atom. The quantitative estimate of drug-likeness (QED) is 0.246. The number of piperazine rings is 1. The van der Waals surface area contributed by atoms with Crippen molar-refractivity contribution in [2.45, 2.75) is 19.4 Å². The summed E-state index contributed by atoms with van der Waals surface area (Å²) in [7, 11) is 6.70. The van der Waals surface area contributed by atoms with Crippen molar-refractivity contribution in [3.8, 4) is 0 Å². The molecule has 3 N–H and O–H groups in total. The van der Waals surface area contributed by atoms with Gasteiger partial charge in [0.2, 0.25) is 12.3 Å². The van der Waals surface area contributed by atoms with Crippen LogP contribution in [0.4, 0.5) is 16.2 Å². The lowest BCUT2D eigenvalue weighted by molar-refractivity contribution is -0.130. The van der Waals surface area contributed by atoms with Crippen molar-refractivity contribution in [1.82, 2.24) is 24.5 Å². The van der Waals surface area contributed by atoms with E-state index in [0.717, 1.165) is 29.8 Å². The molecule has 14 heteroatoms. The lowest BCUT2D eigenvalue weighted by Gasteiger charge is -2.37. The normalized spacial score (nSPS) is 17.0. The lowest BCUT2D eigenvalue weighted by Crippen LogP contribution is -2.49. The van der Waals surface area contributed by atoms with Crippen molar-refractivity contribution < 1.29 is 19.1 Å². The summed E-state index contributed by atoms with van der Waals surface area (Å²) in [5.74, 6) is 0.0675. The third kappa shape index (κ3) is 8.64. The second-order valence-electron chi connectivity index (χ2n) is 9.77. The van der Waals surface area contributed by atoms with Gasteiger partial charge in [0.25, 0.3) is 0 Å². The van der Waals surface area contributed by atoms with Crippen LogP contribution >= 0.6 is 9.24 Å². The van der Waals surface area contributed by atoms with Crippen LogP contribution < -0.4 is 26.3 Å². The fourth-order valence-electron chi connectivity index (χ4n) is 4.66. The van der Waals surface area contributed by atoms with E-state index >= 15 is 0 Å². The molecule has 3 amide bonds. The van der Waals surface area contributed by atoms with E-state index in [1.807, 2.05) is 66.4 Å². The number of primary amides is 1. The average Bonchev–Trinajstić information content (AvgIpc) is 3.34. The SMILES string of the molecule is C/C=C\N(CC1CN(c2ccc(N3CCN(C(=O)C/C=C/n4ccncc4=N)CC3)c(P)c2)C(=O)O1)N(C)C.NC=O. The molecule has 13 nitrogen and oxygen atoms in total. The predicted octanol–water partition coefficient (Wildman–Crippen LogP) is 0.811. The van der Waals surface area contributed by atoms with Gasteiger partial charge in [0.1, 0.15) is 11.6 Å². The average molecular weight is 598 g/mol. The number of benzene rings is 1. The number of carbonyl (C=O) groups is 3. The fourth-order valence-corrected chi connectivity index (χ4v) is 5.11. The zero-order valence-electron chi connectivity index (χ0n) is 24.3. The molecule has 42 heavy (non-hydrogen) atoms. The van der Waals surface area contributed by atoms with Crippen molar-refractivity contribution in [3.05, 3.63) is 60.6 Å². The monoisotopic (exact) mass is 597 g/mol. The summed E-state index contributed by atoms with van der Waals surface area (Å²) in [5.41, 5.74) is 6.31. The van der Waals surface area contributed by atoms with Crippen LogP contribution in [0.5, 0.6) is 0 Å². The first kappa shape index (κ1) is 32.3. The van der Waals surface area contributed by atoms with Crippen LogP contribution in [0.15, 0.2) is 55.1 Å². The Kier molecular flexibility index (Phi) is 12.1. The van der Waals surface area contributed by atoms with Crippen molar-refractivity contribution in [2.75, 3.05) is 63.2 Å². The minimum atomic E-state index is -0.334. The molecule has 3 heterocycles. The van der Waals surface area contributed by atoms with Gasteiger partial charge in [-0.25, -0.2) is 9.80 Å². The van der Waals surface area contributed by atoms with Crippen LogP contribution in [0, 0.1) is 5.41 Å². The molecule has 1 aromatic carbocycles. The van der Waals surface area contributed by atoms with Gasteiger partial charge >= 0.3 is 6.09 Å².